The number of benzene rings is 2. The summed E-state index contributed by atoms with van der Waals surface area (Å²) in [5.41, 5.74) is 4.51. The zero-order valence-electron chi connectivity index (χ0n) is 10.4. The van der Waals surface area contributed by atoms with E-state index < -0.39 is 0 Å². The SMILES string of the molecule is Cc1ccc(Nc2nc3ccc(C#N)cc3[nH]2)cc1. The second-order valence-corrected chi connectivity index (χ2v) is 4.42. The Morgan fingerprint density at radius 2 is 1.95 bits per heavy atom. The van der Waals surface area contributed by atoms with Crippen LogP contribution in [0.5, 0.6) is 0 Å². The number of nitrogens with one attached hydrogen (secondary N) is 2. The van der Waals surface area contributed by atoms with Crippen LogP contribution in [0.1, 0.15) is 11.1 Å². The van der Waals surface area contributed by atoms with Crippen LogP contribution in [-0.4, -0.2) is 9.97 Å². The number of anilines is 2. The highest BCUT2D eigenvalue weighted by molar-refractivity contribution is 5.79. The first-order valence-electron chi connectivity index (χ1n) is 5.98. The van der Waals surface area contributed by atoms with Crippen molar-refractivity contribution in [3.63, 3.8) is 0 Å². The summed E-state index contributed by atoms with van der Waals surface area (Å²) in [6, 6.07) is 15.6. The minimum atomic E-state index is 0.623. The van der Waals surface area contributed by atoms with Crippen molar-refractivity contribution in [1.82, 2.24) is 9.97 Å². The van der Waals surface area contributed by atoms with Crippen molar-refractivity contribution in [2.75, 3.05) is 5.32 Å². The number of fused-ring (bicyclic) bond motifs is 1. The Morgan fingerprint density at radius 3 is 2.68 bits per heavy atom. The van der Waals surface area contributed by atoms with E-state index in [4.69, 9.17) is 5.26 Å². The second-order valence-electron chi connectivity index (χ2n) is 4.42. The summed E-state index contributed by atoms with van der Waals surface area (Å²) >= 11 is 0. The predicted octanol–water partition coefficient (Wildman–Crippen LogP) is 3.49. The summed E-state index contributed by atoms with van der Waals surface area (Å²) in [7, 11) is 0. The fraction of sp³-hybridized carbons (Fsp3) is 0.0667. The van der Waals surface area contributed by atoms with Crippen LogP contribution in [0, 0.1) is 18.3 Å². The molecule has 4 nitrogen and oxygen atoms in total. The first kappa shape index (κ1) is 11.3. The highest BCUT2D eigenvalue weighted by atomic mass is 15.1. The van der Waals surface area contributed by atoms with Gasteiger partial charge in [0.05, 0.1) is 22.7 Å². The molecule has 3 rings (SSSR count). The first-order valence-corrected chi connectivity index (χ1v) is 5.98. The maximum atomic E-state index is 8.87. The quantitative estimate of drug-likeness (QED) is 0.729. The third-order valence-corrected chi connectivity index (χ3v) is 2.93. The van der Waals surface area contributed by atoms with Crippen LogP contribution in [0.15, 0.2) is 42.5 Å². The number of H-pyrrole nitrogens is 1. The van der Waals surface area contributed by atoms with Gasteiger partial charge in [-0.2, -0.15) is 5.26 Å². The molecule has 0 aliphatic rings. The number of aromatic nitrogens is 2. The lowest BCUT2D eigenvalue weighted by Gasteiger charge is -2.02. The topological polar surface area (TPSA) is 64.5 Å². The number of imidazole rings is 1. The van der Waals surface area contributed by atoms with Gasteiger partial charge in [-0.15, -0.1) is 0 Å². The van der Waals surface area contributed by atoms with Crippen LogP contribution in [0.2, 0.25) is 0 Å². The third-order valence-electron chi connectivity index (χ3n) is 2.93. The molecule has 0 saturated carbocycles. The molecule has 1 heterocycles. The van der Waals surface area contributed by atoms with E-state index >= 15 is 0 Å². The van der Waals surface area contributed by atoms with E-state index in [1.165, 1.54) is 5.56 Å². The smallest absolute Gasteiger partial charge is 0.205 e. The fourth-order valence-electron chi connectivity index (χ4n) is 1.91. The Morgan fingerprint density at radius 1 is 1.16 bits per heavy atom. The summed E-state index contributed by atoms with van der Waals surface area (Å²) in [6.45, 7) is 2.05. The Bertz CT molecular complexity index is 763. The zero-order valence-corrected chi connectivity index (χ0v) is 10.4. The van der Waals surface area contributed by atoms with Crippen molar-refractivity contribution in [2.24, 2.45) is 0 Å². The lowest BCUT2D eigenvalue weighted by atomic mass is 10.2. The molecule has 0 fully saturated rings. The normalized spacial score (nSPS) is 10.3. The monoisotopic (exact) mass is 248 g/mol. The fourth-order valence-corrected chi connectivity index (χ4v) is 1.91. The molecule has 2 N–H and O–H groups in total. The molecule has 0 bridgehead atoms. The lowest BCUT2D eigenvalue weighted by Crippen LogP contribution is -1.91. The number of hydrogen-bond donors (Lipinski definition) is 2. The lowest BCUT2D eigenvalue weighted by molar-refractivity contribution is 1.31. The van der Waals surface area contributed by atoms with Crippen molar-refractivity contribution in [3.05, 3.63) is 53.6 Å². The van der Waals surface area contributed by atoms with Crippen LogP contribution >= 0.6 is 0 Å². The van der Waals surface area contributed by atoms with Crippen LogP contribution < -0.4 is 5.32 Å². The average Bonchev–Trinajstić information content (AvgIpc) is 2.82. The molecule has 0 atom stereocenters. The van der Waals surface area contributed by atoms with E-state index in [0.717, 1.165) is 16.7 Å². The van der Waals surface area contributed by atoms with Gasteiger partial charge in [-0.05, 0) is 37.3 Å². The van der Waals surface area contributed by atoms with Crippen molar-refractivity contribution in [3.8, 4) is 6.07 Å². The van der Waals surface area contributed by atoms with E-state index in [9.17, 15) is 0 Å². The Hall–Kier alpha value is -2.80. The van der Waals surface area contributed by atoms with Crippen LogP contribution in [-0.2, 0) is 0 Å². The van der Waals surface area contributed by atoms with E-state index in [1.807, 2.05) is 37.3 Å². The highest BCUT2D eigenvalue weighted by Crippen LogP contribution is 2.19. The molecular weight excluding hydrogens is 236 g/mol. The number of aryl methyl sites for hydroxylation is 1. The molecule has 0 amide bonds. The summed E-state index contributed by atoms with van der Waals surface area (Å²) in [6.07, 6.45) is 0. The predicted molar refractivity (Wildman–Crippen MR) is 75.3 cm³/mol. The average molecular weight is 248 g/mol. The molecule has 3 aromatic rings. The largest absolute Gasteiger partial charge is 0.326 e. The van der Waals surface area contributed by atoms with Gasteiger partial charge in [0.15, 0.2) is 0 Å². The first-order chi connectivity index (χ1) is 9.24. The number of nitrogens with zero attached hydrogens (tertiary/aromatic N) is 2. The number of nitriles is 1. The minimum absolute atomic E-state index is 0.623. The van der Waals surface area contributed by atoms with E-state index in [-0.39, 0.29) is 0 Å². The van der Waals surface area contributed by atoms with E-state index in [1.54, 1.807) is 12.1 Å². The Labute approximate surface area is 110 Å². The maximum Gasteiger partial charge on any atom is 0.205 e. The molecule has 2 aromatic carbocycles. The van der Waals surface area contributed by atoms with Crippen LogP contribution in [0.4, 0.5) is 11.6 Å². The van der Waals surface area contributed by atoms with Crippen LogP contribution in [0.25, 0.3) is 11.0 Å². The van der Waals surface area contributed by atoms with E-state index in [0.29, 0.717) is 11.5 Å². The molecule has 92 valence electrons. The Kier molecular flexibility index (Phi) is 2.66. The molecule has 0 radical (unpaired) electrons. The molecule has 4 heteroatoms. The molecule has 0 aliphatic carbocycles. The second kappa shape index (κ2) is 4.46. The van der Waals surface area contributed by atoms with Crippen molar-refractivity contribution >= 4 is 22.7 Å². The molecular formula is C15H12N4. The Balaban J connectivity index is 1.93. The molecule has 1 aromatic heterocycles. The molecule has 19 heavy (non-hydrogen) atoms. The van der Waals surface area contributed by atoms with E-state index in [2.05, 4.69) is 21.4 Å². The van der Waals surface area contributed by atoms with Crippen molar-refractivity contribution in [2.45, 2.75) is 6.92 Å². The summed E-state index contributed by atoms with van der Waals surface area (Å²) in [5.74, 6) is 0.675. The summed E-state index contributed by atoms with van der Waals surface area (Å²) in [4.78, 5) is 7.59. The summed E-state index contributed by atoms with van der Waals surface area (Å²) in [5, 5.41) is 12.1. The number of hydrogen-bond acceptors (Lipinski definition) is 3. The van der Waals surface area contributed by atoms with Gasteiger partial charge in [0, 0.05) is 5.69 Å². The minimum Gasteiger partial charge on any atom is -0.326 e. The zero-order chi connectivity index (χ0) is 13.2. The molecule has 0 aliphatic heterocycles. The van der Waals surface area contributed by atoms with Gasteiger partial charge >= 0.3 is 0 Å². The van der Waals surface area contributed by atoms with Crippen LogP contribution in [0.3, 0.4) is 0 Å². The summed E-state index contributed by atoms with van der Waals surface area (Å²) < 4.78 is 0. The molecule has 0 unspecified atom stereocenters. The van der Waals surface area contributed by atoms with Crippen molar-refractivity contribution in [1.29, 1.82) is 5.26 Å². The molecule has 0 spiro atoms. The standard InChI is InChI=1S/C15H12N4/c1-10-2-5-12(6-3-10)17-15-18-13-7-4-11(9-16)8-14(13)19-15/h2-8H,1H3,(H2,17,18,19). The maximum absolute atomic E-state index is 8.87. The molecule has 0 saturated heterocycles. The third kappa shape index (κ3) is 2.26. The van der Waals surface area contributed by atoms with Gasteiger partial charge in [-0.1, -0.05) is 17.7 Å². The highest BCUT2D eigenvalue weighted by Gasteiger charge is 2.03. The van der Waals surface area contributed by atoms with Gasteiger partial charge < -0.3 is 10.3 Å². The van der Waals surface area contributed by atoms with Gasteiger partial charge in [-0.3, -0.25) is 0 Å². The van der Waals surface area contributed by atoms with Gasteiger partial charge in [0.1, 0.15) is 0 Å². The number of aromatic amines is 1. The van der Waals surface area contributed by atoms with Gasteiger partial charge in [-0.25, -0.2) is 4.98 Å². The van der Waals surface area contributed by atoms with Gasteiger partial charge in [0.25, 0.3) is 0 Å². The van der Waals surface area contributed by atoms with Crippen molar-refractivity contribution < 1.29 is 0 Å². The number of rotatable bonds is 2. The van der Waals surface area contributed by atoms with Gasteiger partial charge in [0.2, 0.25) is 5.95 Å².